The van der Waals surface area contributed by atoms with Gasteiger partial charge in [-0.25, -0.2) is 4.99 Å². The van der Waals surface area contributed by atoms with Gasteiger partial charge in [-0.05, 0) is 49.1 Å². The summed E-state index contributed by atoms with van der Waals surface area (Å²) in [7, 11) is 0. The van der Waals surface area contributed by atoms with E-state index in [-0.39, 0.29) is 0 Å². The Labute approximate surface area is 166 Å². The van der Waals surface area contributed by atoms with E-state index in [1.165, 1.54) is 16.7 Å². The van der Waals surface area contributed by atoms with Crippen LogP contribution in [0, 0.1) is 0 Å². The van der Waals surface area contributed by atoms with Crippen LogP contribution < -0.4 is 20.1 Å². The zero-order valence-electron chi connectivity index (χ0n) is 16.7. The quantitative estimate of drug-likeness (QED) is 0.514. The van der Waals surface area contributed by atoms with Crippen LogP contribution in [0.5, 0.6) is 11.5 Å². The fourth-order valence-electron chi connectivity index (χ4n) is 2.99. The maximum atomic E-state index is 5.56. The van der Waals surface area contributed by atoms with E-state index in [1.807, 2.05) is 31.2 Å². The van der Waals surface area contributed by atoms with Gasteiger partial charge < -0.3 is 24.8 Å². The molecule has 1 aliphatic rings. The number of rotatable bonds is 9. The summed E-state index contributed by atoms with van der Waals surface area (Å²) in [5, 5.41) is 6.71. The molecule has 1 aliphatic heterocycles. The van der Waals surface area contributed by atoms with E-state index < -0.39 is 0 Å². The van der Waals surface area contributed by atoms with Crippen molar-refractivity contribution >= 4 is 5.96 Å². The second-order valence-electron chi connectivity index (χ2n) is 6.47. The summed E-state index contributed by atoms with van der Waals surface area (Å²) in [5.41, 5.74) is 3.57. The molecule has 0 aliphatic carbocycles. The SMILES string of the molecule is CCNC(=NCc1ccccc1COCC)NCCc1ccc2c(c1)OCO2. The van der Waals surface area contributed by atoms with Crippen LogP contribution in [0.15, 0.2) is 47.5 Å². The second-order valence-corrected chi connectivity index (χ2v) is 6.47. The average molecular weight is 383 g/mol. The second kappa shape index (κ2) is 10.6. The van der Waals surface area contributed by atoms with Gasteiger partial charge >= 0.3 is 0 Å². The number of nitrogens with one attached hydrogen (secondary N) is 2. The molecule has 0 aromatic heterocycles. The minimum atomic E-state index is 0.305. The van der Waals surface area contributed by atoms with Crippen molar-refractivity contribution in [1.29, 1.82) is 0 Å². The maximum absolute atomic E-state index is 5.56. The number of benzene rings is 2. The minimum Gasteiger partial charge on any atom is -0.454 e. The van der Waals surface area contributed by atoms with E-state index in [2.05, 4.69) is 35.8 Å². The van der Waals surface area contributed by atoms with Gasteiger partial charge in [0.2, 0.25) is 6.79 Å². The number of guanidine groups is 1. The number of hydrogen-bond donors (Lipinski definition) is 2. The van der Waals surface area contributed by atoms with Gasteiger partial charge in [-0.2, -0.15) is 0 Å². The monoisotopic (exact) mass is 383 g/mol. The van der Waals surface area contributed by atoms with Crippen molar-refractivity contribution in [2.45, 2.75) is 33.4 Å². The lowest BCUT2D eigenvalue weighted by molar-refractivity contribution is 0.133. The predicted octanol–water partition coefficient (Wildman–Crippen LogP) is 3.25. The van der Waals surface area contributed by atoms with E-state index in [0.29, 0.717) is 26.6 Å². The fraction of sp³-hybridized carbons (Fsp3) is 0.409. The van der Waals surface area contributed by atoms with Crippen molar-refractivity contribution in [2.24, 2.45) is 4.99 Å². The topological polar surface area (TPSA) is 64.1 Å². The third-order valence-corrected chi connectivity index (χ3v) is 4.47. The molecule has 6 nitrogen and oxygen atoms in total. The molecule has 0 bridgehead atoms. The highest BCUT2D eigenvalue weighted by Gasteiger charge is 2.13. The molecule has 1 heterocycles. The number of hydrogen-bond acceptors (Lipinski definition) is 4. The van der Waals surface area contributed by atoms with Crippen LogP contribution >= 0.6 is 0 Å². The zero-order valence-corrected chi connectivity index (χ0v) is 16.7. The van der Waals surface area contributed by atoms with Gasteiger partial charge in [-0.1, -0.05) is 30.3 Å². The third-order valence-electron chi connectivity index (χ3n) is 4.47. The Hall–Kier alpha value is -2.73. The summed E-state index contributed by atoms with van der Waals surface area (Å²) >= 11 is 0. The van der Waals surface area contributed by atoms with E-state index in [0.717, 1.165) is 37.0 Å². The Morgan fingerprint density at radius 2 is 1.86 bits per heavy atom. The summed E-state index contributed by atoms with van der Waals surface area (Å²) < 4.78 is 16.4. The lowest BCUT2D eigenvalue weighted by Crippen LogP contribution is -2.38. The van der Waals surface area contributed by atoms with Crippen molar-refractivity contribution in [3.63, 3.8) is 0 Å². The van der Waals surface area contributed by atoms with Crippen molar-refractivity contribution < 1.29 is 14.2 Å². The van der Waals surface area contributed by atoms with Crippen molar-refractivity contribution in [1.82, 2.24) is 10.6 Å². The van der Waals surface area contributed by atoms with Gasteiger partial charge in [0.1, 0.15) is 0 Å². The Morgan fingerprint density at radius 1 is 1.04 bits per heavy atom. The Morgan fingerprint density at radius 3 is 2.68 bits per heavy atom. The first kappa shape index (κ1) is 20.0. The van der Waals surface area contributed by atoms with Gasteiger partial charge in [-0.3, -0.25) is 0 Å². The molecule has 0 saturated carbocycles. The summed E-state index contributed by atoms with van der Waals surface area (Å²) in [6.45, 7) is 7.92. The molecule has 3 rings (SSSR count). The molecule has 0 unspecified atom stereocenters. The molecule has 6 heteroatoms. The van der Waals surface area contributed by atoms with Crippen LogP contribution in [0.2, 0.25) is 0 Å². The van der Waals surface area contributed by atoms with Crippen LogP contribution in [0.25, 0.3) is 0 Å². The normalized spacial score (nSPS) is 12.9. The highest BCUT2D eigenvalue weighted by Crippen LogP contribution is 2.32. The summed E-state index contributed by atoms with van der Waals surface area (Å²) in [5.74, 6) is 2.45. The lowest BCUT2D eigenvalue weighted by Gasteiger charge is -2.13. The molecule has 2 aromatic carbocycles. The van der Waals surface area contributed by atoms with Crippen molar-refractivity contribution in [3.8, 4) is 11.5 Å². The Kier molecular flexibility index (Phi) is 7.55. The van der Waals surface area contributed by atoms with Gasteiger partial charge in [0.05, 0.1) is 13.2 Å². The fourth-order valence-corrected chi connectivity index (χ4v) is 2.99. The molecule has 0 saturated heterocycles. The number of nitrogens with zero attached hydrogens (tertiary/aromatic N) is 1. The average Bonchev–Trinajstić information content (AvgIpc) is 3.19. The van der Waals surface area contributed by atoms with E-state index in [9.17, 15) is 0 Å². The first-order valence-corrected chi connectivity index (χ1v) is 9.85. The number of ether oxygens (including phenoxy) is 3. The smallest absolute Gasteiger partial charge is 0.231 e. The van der Waals surface area contributed by atoms with Crippen LogP contribution in [0.3, 0.4) is 0 Å². The van der Waals surface area contributed by atoms with Gasteiger partial charge in [0, 0.05) is 19.7 Å². The first-order chi connectivity index (χ1) is 13.8. The first-order valence-electron chi connectivity index (χ1n) is 9.85. The zero-order chi connectivity index (χ0) is 19.6. The molecular formula is C22H29N3O3. The molecule has 0 amide bonds. The molecule has 0 radical (unpaired) electrons. The number of aliphatic imine (C=N–C) groups is 1. The van der Waals surface area contributed by atoms with Gasteiger partial charge in [0.25, 0.3) is 0 Å². The Balaban J connectivity index is 1.56. The summed E-state index contributed by atoms with van der Waals surface area (Å²) in [6, 6.07) is 14.4. The molecule has 28 heavy (non-hydrogen) atoms. The lowest BCUT2D eigenvalue weighted by atomic mass is 10.1. The van der Waals surface area contributed by atoms with Crippen LogP contribution in [0.4, 0.5) is 0 Å². The highest BCUT2D eigenvalue weighted by molar-refractivity contribution is 5.79. The van der Waals surface area contributed by atoms with E-state index in [4.69, 9.17) is 19.2 Å². The van der Waals surface area contributed by atoms with E-state index in [1.54, 1.807) is 0 Å². The molecule has 0 spiro atoms. The standard InChI is InChI=1S/C22H29N3O3/c1-3-23-22(25-14-18-7-5-6-8-19(18)15-26-4-2)24-12-11-17-9-10-20-21(13-17)28-16-27-20/h5-10,13H,3-4,11-12,14-16H2,1-2H3,(H2,23,24,25). The highest BCUT2D eigenvalue weighted by atomic mass is 16.7. The van der Waals surface area contributed by atoms with Crippen molar-refractivity contribution in [2.75, 3.05) is 26.5 Å². The molecule has 150 valence electrons. The van der Waals surface area contributed by atoms with Crippen LogP contribution in [-0.4, -0.2) is 32.4 Å². The van der Waals surface area contributed by atoms with Crippen LogP contribution in [-0.2, 0) is 24.3 Å². The van der Waals surface area contributed by atoms with Gasteiger partial charge in [-0.15, -0.1) is 0 Å². The third kappa shape index (κ3) is 5.63. The molecular weight excluding hydrogens is 354 g/mol. The van der Waals surface area contributed by atoms with Gasteiger partial charge in [0.15, 0.2) is 17.5 Å². The molecule has 2 aromatic rings. The molecule has 0 fully saturated rings. The predicted molar refractivity (Wildman–Crippen MR) is 111 cm³/mol. The molecule has 2 N–H and O–H groups in total. The number of fused-ring (bicyclic) bond motifs is 1. The maximum Gasteiger partial charge on any atom is 0.231 e. The van der Waals surface area contributed by atoms with Crippen LogP contribution in [0.1, 0.15) is 30.5 Å². The Bertz CT molecular complexity index is 792. The minimum absolute atomic E-state index is 0.305. The summed E-state index contributed by atoms with van der Waals surface area (Å²) in [6.07, 6.45) is 0.877. The largest absolute Gasteiger partial charge is 0.454 e. The van der Waals surface area contributed by atoms with E-state index >= 15 is 0 Å². The van der Waals surface area contributed by atoms with Crippen molar-refractivity contribution in [3.05, 3.63) is 59.2 Å². The summed E-state index contributed by atoms with van der Waals surface area (Å²) in [4.78, 5) is 4.74. The molecule has 0 atom stereocenters.